The van der Waals surface area contributed by atoms with Gasteiger partial charge in [0.1, 0.15) is 6.04 Å². The lowest BCUT2D eigenvalue weighted by molar-refractivity contribution is -0.138. The van der Waals surface area contributed by atoms with Crippen molar-refractivity contribution < 1.29 is 4.79 Å². The number of tetrazole rings is 1. The van der Waals surface area contributed by atoms with Gasteiger partial charge in [0.05, 0.1) is 0 Å². The Kier molecular flexibility index (Phi) is 5.36. The average molecular weight is 336 g/mol. The maximum Gasteiger partial charge on any atom is 0.249 e. The van der Waals surface area contributed by atoms with Gasteiger partial charge in [0, 0.05) is 22.7 Å². The van der Waals surface area contributed by atoms with Crippen molar-refractivity contribution >= 4 is 17.5 Å². The van der Waals surface area contributed by atoms with Gasteiger partial charge >= 0.3 is 0 Å². The van der Waals surface area contributed by atoms with Gasteiger partial charge in [-0.3, -0.25) is 4.79 Å². The first-order chi connectivity index (χ1) is 10.8. The van der Waals surface area contributed by atoms with Crippen LogP contribution in [0.4, 0.5) is 0 Å². The average Bonchev–Trinajstić information content (AvgIpc) is 2.96. The van der Waals surface area contributed by atoms with Crippen LogP contribution >= 0.6 is 11.6 Å². The second kappa shape index (κ2) is 7.08. The quantitative estimate of drug-likeness (QED) is 0.841. The zero-order valence-electron chi connectivity index (χ0n) is 14.1. The van der Waals surface area contributed by atoms with Crippen LogP contribution in [-0.4, -0.2) is 43.1 Å². The molecule has 1 aromatic carbocycles. The monoisotopic (exact) mass is 335 g/mol. The topological polar surface area (TPSA) is 63.9 Å². The van der Waals surface area contributed by atoms with Crippen LogP contribution in [0.1, 0.15) is 40.7 Å². The van der Waals surface area contributed by atoms with E-state index in [4.69, 9.17) is 11.6 Å². The van der Waals surface area contributed by atoms with Crippen LogP contribution in [-0.2, 0) is 4.79 Å². The van der Waals surface area contributed by atoms with Gasteiger partial charge < -0.3 is 4.90 Å². The predicted octanol–water partition coefficient (Wildman–Crippen LogP) is 3.20. The smallest absolute Gasteiger partial charge is 0.249 e. The van der Waals surface area contributed by atoms with Gasteiger partial charge in [-0.15, -0.1) is 10.2 Å². The second-order valence-electron chi connectivity index (χ2n) is 6.05. The zero-order valence-corrected chi connectivity index (χ0v) is 14.8. The van der Waals surface area contributed by atoms with E-state index in [1.54, 1.807) is 19.1 Å². The van der Waals surface area contributed by atoms with E-state index in [1.165, 1.54) is 4.80 Å². The molecule has 6 nitrogen and oxygen atoms in total. The van der Waals surface area contributed by atoms with Crippen molar-refractivity contribution in [3.05, 3.63) is 29.3 Å². The Balaban J connectivity index is 2.22. The summed E-state index contributed by atoms with van der Waals surface area (Å²) in [5.74, 6) is 0.456. The van der Waals surface area contributed by atoms with Crippen molar-refractivity contribution in [3.8, 4) is 11.4 Å². The molecule has 1 heterocycles. The Morgan fingerprint density at radius 2 is 1.65 bits per heavy atom. The molecule has 1 amide bonds. The fourth-order valence-corrected chi connectivity index (χ4v) is 2.65. The lowest BCUT2D eigenvalue weighted by atomic mass is 10.2. The minimum Gasteiger partial charge on any atom is -0.336 e. The van der Waals surface area contributed by atoms with E-state index in [0.29, 0.717) is 10.8 Å². The first-order valence-corrected chi connectivity index (χ1v) is 8.06. The van der Waals surface area contributed by atoms with E-state index in [0.717, 1.165) is 5.56 Å². The van der Waals surface area contributed by atoms with Crippen LogP contribution in [0.3, 0.4) is 0 Å². The summed E-state index contributed by atoms with van der Waals surface area (Å²) < 4.78 is 0. The van der Waals surface area contributed by atoms with Crippen molar-refractivity contribution in [2.24, 2.45) is 0 Å². The van der Waals surface area contributed by atoms with Crippen LogP contribution in [0.2, 0.25) is 5.02 Å². The molecule has 1 aromatic heterocycles. The van der Waals surface area contributed by atoms with Gasteiger partial charge in [-0.1, -0.05) is 11.6 Å². The third kappa shape index (κ3) is 3.88. The number of carbonyl (C=O) groups is 1. The lowest BCUT2D eigenvalue weighted by Gasteiger charge is -2.32. The Labute approximate surface area is 141 Å². The van der Waals surface area contributed by atoms with Crippen LogP contribution in [0.15, 0.2) is 24.3 Å². The summed E-state index contributed by atoms with van der Waals surface area (Å²) in [4.78, 5) is 15.9. The van der Waals surface area contributed by atoms with E-state index in [9.17, 15) is 4.79 Å². The molecular weight excluding hydrogens is 314 g/mol. The van der Waals surface area contributed by atoms with Gasteiger partial charge in [-0.2, -0.15) is 4.80 Å². The summed E-state index contributed by atoms with van der Waals surface area (Å²) in [6.45, 7) is 9.78. The van der Waals surface area contributed by atoms with Crippen LogP contribution in [0.5, 0.6) is 0 Å². The molecule has 124 valence electrons. The van der Waals surface area contributed by atoms with Crippen molar-refractivity contribution in [1.82, 2.24) is 25.1 Å². The highest BCUT2D eigenvalue weighted by Gasteiger charge is 2.27. The summed E-state index contributed by atoms with van der Waals surface area (Å²) >= 11 is 5.88. The van der Waals surface area contributed by atoms with Crippen LogP contribution < -0.4 is 0 Å². The Hall–Kier alpha value is -1.95. The number of benzene rings is 1. The van der Waals surface area contributed by atoms with Gasteiger partial charge in [0.25, 0.3) is 0 Å². The van der Waals surface area contributed by atoms with E-state index in [1.807, 2.05) is 44.7 Å². The van der Waals surface area contributed by atoms with E-state index >= 15 is 0 Å². The van der Waals surface area contributed by atoms with Crippen molar-refractivity contribution in [1.29, 1.82) is 0 Å². The third-order valence-electron chi connectivity index (χ3n) is 3.60. The molecule has 0 aliphatic rings. The van der Waals surface area contributed by atoms with Crippen LogP contribution in [0, 0.1) is 0 Å². The Morgan fingerprint density at radius 1 is 1.09 bits per heavy atom. The molecule has 0 aliphatic heterocycles. The zero-order chi connectivity index (χ0) is 17.1. The summed E-state index contributed by atoms with van der Waals surface area (Å²) in [7, 11) is 0. The molecule has 0 spiro atoms. The van der Waals surface area contributed by atoms with Gasteiger partial charge in [-0.05, 0) is 64.1 Å². The molecule has 7 heteroatoms. The highest BCUT2D eigenvalue weighted by molar-refractivity contribution is 6.30. The van der Waals surface area contributed by atoms with Gasteiger partial charge in [-0.25, -0.2) is 0 Å². The Bertz CT molecular complexity index is 657. The predicted molar refractivity (Wildman–Crippen MR) is 90.1 cm³/mol. The van der Waals surface area contributed by atoms with Crippen molar-refractivity contribution in [2.75, 3.05) is 0 Å². The molecule has 2 aromatic rings. The molecule has 0 saturated heterocycles. The maximum absolute atomic E-state index is 12.7. The number of nitrogens with zero attached hydrogens (tertiary/aromatic N) is 5. The van der Waals surface area contributed by atoms with Crippen molar-refractivity contribution in [3.63, 3.8) is 0 Å². The van der Waals surface area contributed by atoms with Crippen LogP contribution in [0.25, 0.3) is 11.4 Å². The summed E-state index contributed by atoms with van der Waals surface area (Å²) in [5.41, 5.74) is 0.810. The largest absolute Gasteiger partial charge is 0.336 e. The molecule has 0 fully saturated rings. The molecule has 0 aliphatic carbocycles. The minimum absolute atomic E-state index is 0.0185. The molecule has 0 radical (unpaired) electrons. The van der Waals surface area contributed by atoms with E-state index in [-0.39, 0.29) is 18.0 Å². The Morgan fingerprint density at radius 3 is 2.17 bits per heavy atom. The number of carbonyl (C=O) groups excluding carboxylic acids is 1. The molecule has 1 atom stereocenters. The summed E-state index contributed by atoms with van der Waals surface area (Å²) in [6, 6.07) is 6.91. The molecule has 0 unspecified atom stereocenters. The SMILES string of the molecule is CC(C)N(C(=O)[C@@H](C)n1nnc(-c2ccc(Cl)cc2)n1)C(C)C. The standard InChI is InChI=1S/C16H22ClN5O/c1-10(2)21(11(3)4)16(23)12(5)22-19-15(18-20-22)13-6-8-14(17)9-7-13/h6-12H,1-5H3/t12-/m1/s1. The highest BCUT2D eigenvalue weighted by atomic mass is 35.5. The molecule has 0 N–H and O–H groups in total. The number of hydrogen-bond acceptors (Lipinski definition) is 4. The van der Waals surface area contributed by atoms with Gasteiger partial charge in [0.2, 0.25) is 11.7 Å². The number of halogens is 1. The number of rotatable bonds is 5. The van der Waals surface area contributed by atoms with Gasteiger partial charge in [0.15, 0.2) is 0 Å². The first-order valence-electron chi connectivity index (χ1n) is 7.69. The fraction of sp³-hybridized carbons (Fsp3) is 0.500. The second-order valence-corrected chi connectivity index (χ2v) is 6.49. The first kappa shape index (κ1) is 17.4. The maximum atomic E-state index is 12.7. The molecule has 0 bridgehead atoms. The lowest BCUT2D eigenvalue weighted by Crippen LogP contribution is -2.45. The normalized spacial score (nSPS) is 12.7. The third-order valence-corrected chi connectivity index (χ3v) is 3.85. The van der Waals surface area contributed by atoms with E-state index in [2.05, 4.69) is 15.4 Å². The minimum atomic E-state index is -0.506. The molecule has 23 heavy (non-hydrogen) atoms. The molecule has 2 rings (SSSR count). The van der Waals surface area contributed by atoms with Crippen molar-refractivity contribution in [2.45, 2.75) is 52.7 Å². The highest BCUT2D eigenvalue weighted by Crippen LogP contribution is 2.19. The molecule has 0 saturated carbocycles. The molecular formula is C16H22ClN5O. The van der Waals surface area contributed by atoms with E-state index < -0.39 is 6.04 Å². The summed E-state index contributed by atoms with van der Waals surface area (Å²) in [6.07, 6.45) is 0. The number of amides is 1. The summed E-state index contributed by atoms with van der Waals surface area (Å²) in [5, 5.41) is 13.1. The fourth-order valence-electron chi connectivity index (χ4n) is 2.52. The number of hydrogen-bond donors (Lipinski definition) is 0. The number of aromatic nitrogens is 4.